The Morgan fingerprint density at radius 1 is 1.26 bits per heavy atom. The largest absolute Gasteiger partial charge is 0.306 e. The van der Waals surface area contributed by atoms with E-state index < -0.39 is 0 Å². The Morgan fingerprint density at radius 2 is 2.17 bits per heavy atom. The number of aromatic nitrogens is 3. The van der Waals surface area contributed by atoms with E-state index in [1.807, 2.05) is 47.2 Å². The number of rotatable bonds is 5. The van der Waals surface area contributed by atoms with E-state index in [1.165, 1.54) is 0 Å². The van der Waals surface area contributed by atoms with Gasteiger partial charge in [0.1, 0.15) is 12.1 Å². The van der Waals surface area contributed by atoms with E-state index in [0.717, 1.165) is 23.5 Å². The average Bonchev–Trinajstić information content (AvgIpc) is 3.14. The maximum absolute atomic E-state index is 8.99. The van der Waals surface area contributed by atoms with Gasteiger partial charge in [0.25, 0.3) is 0 Å². The van der Waals surface area contributed by atoms with Gasteiger partial charge in [-0.15, -0.1) is 0 Å². The SMILES string of the molecule is CC(NCc1ccnc(-n2ccnc2)c1)c1cccc(C#N)c1. The Kier molecular flexibility index (Phi) is 4.46. The number of nitrogens with one attached hydrogen (secondary N) is 1. The molecule has 0 fully saturated rings. The van der Waals surface area contributed by atoms with Gasteiger partial charge < -0.3 is 5.32 Å². The molecule has 1 atom stereocenters. The molecule has 0 radical (unpaired) electrons. The molecule has 0 saturated carbocycles. The Hall–Kier alpha value is -2.97. The molecular formula is C18H17N5. The third kappa shape index (κ3) is 3.62. The highest BCUT2D eigenvalue weighted by atomic mass is 15.1. The fourth-order valence-corrected chi connectivity index (χ4v) is 2.37. The number of hydrogen-bond donors (Lipinski definition) is 1. The number of nitriles is 1. The first-order valence-electron chi connectivity index (χ1n) is 7.43. The maximum Gasteiger partial charge on any atom is 0.138 e. The number of nitrogens with zero attached hydrogens (tertiary/aromatic N) is 4. The van der Waals surface area contributed by atoms with E-state index in [1.54, 1.807) is 18.7 Å². The smallest absolute Gasteiger partial charge is 0.138 e. The summed E-state index contributed by atoms with van der Waals surface area (Å²) in [7, 11) is 0. The molecule has 0 spiro atoms. The molecular weight excluding hydrogens is 286 g/mol. The van der Waals surface area contributed by atoms with Crippen molar-refractivity contribution in [3.8, 4) is 11.9 Å². The fraction of sp³-hybridized carbons (Fsp3) is 0.167. The third-order valence-corrected chi connectivity index (χ3v) is 3.71. The molecule has 2 heterocycles. The van der Waals surface area contributed by atoms with Gasteiger partial charge >= 0.3 is 0 Å². The molecule has 1 N–H and O–H groups in total. The van der Waals surface area contributed by atoms with Crippen molar-refractivity contribution in [2.75, 3.05) is 0 Å². The van der Waals surface area contributed by atoms with Crippen molar-refractivity contribution in [2.45, 2.75) is 19.5 Å². The molecule has 0 aliphatic carbocycles. The number of imidazole rings is 1. The van der Waals surface area contributed by atoms with Crippen molar-refractivity contribution in [1.82, 2.24) is 19.9 Å². The van der Waals surface area contributed by atoms with Gasteiger partial charge in [0.05, 0.1) is 11.6 Å². The van der Waals surface area contributed by atoms with E-state index >= 15 is 0 Å². The van der Waals surface area contributed by atoms with Crippen molar-refractivity contribution in [2.24, 2.45) is 0 Å². The summed E-state index contributed by atoms with van der Waals surface area (Å²) in [5.41, 5.74) is 2.93. The molecule has 3 rings (SSSR count). The van der Waals surface area contributed by atoms with Crippen LogP contribution in [0.3, 0.4) is 0 Å². The third-order valence-electron chi connectivity index (χ3n) is 3.71. The highest BCUT2D eigenvalue weighted by Crippen LogP contribution is 2.15. The van der Waals surface area contributed by atoms with Crippen molar-refractivity contribution in [3.63, 3.8) is 0 Å². The highest BCUT2D eigenvalue weighted by Gasteiger charge is 2.06. The van der Waals surface area contributed by atoms with Crippen molar-refractivity contribution < 1.29 is 0 Å². The monoisotopic (exact) mass is 303 g/mol. The van der Waals surface area contributed by atoms with Crippen LogP contribution in [0.5, 0.6) is 0 Å². The van der Waals surface area contributed by atoms with Gasteiger partial charge in [-0.05, 0) is 42.3 Å². The predicted molar refractivity (Wildman–Crippen MR) is 87.8 cm³/mol. The summed E-state index contributed by atoms with van der Waals surface area (Å²) in [5, 5.41) is 12.5. The van der Waals surface area contributed by atoms with Crippen LogP contribution in [0.1, 0.15) is 29.7 Å². The van der Waals surface area contributed by atoms with Gasteiger partial charge in [-0.1, -0.05) is 12.1 Å². The van der Waals surface area contributed by atoms with Gasteiger partial charge in [-0.3, -0.25) is 4.57 Å². The van der Waals surface area contributed by atoms with Crippen LogP contribution >= 0.6 is 0 Å². The van der Waals surface area contributed by atoms with Gasteiger partial charge in [0.15, 0.2) is 0 Å². The van der Waals surface area contributed by atoms with Gasteiger partial charge in [0, 0.05) is 31.2 Å². The number of benzene rings is 1. The summed E-state index contributed by atoms with van der Waals surface area (Å²) in [4.78, 5) is 8.39. The topological polar surface area (TPSA) is 66.5 Å². The molecule has 114 valence electrons. The zero-order valence-electron chi connectivity index (χ0n) is 12.8. The summed E-state index contributed by atoms with van der Waals surface area (Å²) in [6.07, 6.45) is 7.13. The molecule has 23 heavy (non-hydrogen) atoms. The molecule has 0 aliphatic rings. The molecule has 0 amide bonds. The van der Waals surface area contributed by atoms with E-state index in [4.69, 9.17) is 5.26 Å². The second-order valence-corrected chi connectivity index (χ2v) is 5.33. The zero-order valence-corrected chi connectivity index (χ0v) is 12.8. The lowest BCUT2D eigenvalue weighted by atomic mass is 10.1. The number of pyridine rings is 1. The molecule has 3 aromatic rings. The van der Waals surface area contributed by atoms with Crippen LogP contribution in [-0.4, -0.2) is 14.5 Å². The summed E-state index contributed by atoms with van der Waals surface area (Å²) >= 11 is 0. The first-order chi connectivity index (χ1) is 11.3. The van der Waals surface area contributed by atoms with Gasteiger partial charge in [0.2, 0.25) is 0 Å². The van der Waals surface area contributed by atoms with Crippen LogP contribution in [0, 0.1) is 11.3 Å². The van der Waals surface area contributed by atoms with E-state index in [-0.39, 0.29) is 6.04 Å². The van der Waals surface area contributed by atoms with Crippen molar-refractivity contribution >= 4 is 0 Å². The van der Waals surface area contributed by atoms with Gasteiger partial charge in [-0.25, -0.2) is 9.97 Å². The van der Waals surface area contributed by atoms with Gasteiger partial charge in [-0.2, -0.15) is 5.26 Å². The minimum Gasteiger partial charge on any atom is -0.306 e. The predicted octanol–water partition coefficient (Wildman–Crippen LogP) is 2.99. The molecule has 1 aromatic carbocycles. The lowest BCUT2D eigenvalue weighted by molar-refractivity contribution is 0.574. The Labute approximate surface area is 135 Å². The summed E-state index contributed by atoms with van der Waals surface area (Å²) in [6, 6.07) is 14.0. The normalized spacial score (nSPS) is 11.8. The average molecular weight is 303 g/mol. The van der Waals surface area contributed by atoms with Crippen LogP contribution in [0.25, 0.3) is 5.82 Å². The zero-order chi connectivity index (χ0) is 16.1. The fourth-order valence-electron chi connectivity index (χ4n) is 2.37. The van der Waals surface area contributed by atoms with Crippen LogP contribution in [-0.2, 0) is 6.54 Å². The minimum absolute atomic E-state index is 0.160. The summed E-state index contributed by atoms with van der Waals surface area (Å²) in [5.74, 6) is 0.848. The molecule has 5 heteroatoms. The molecule has 0 aliphatic heterocycles. The summed E-state index contributed by atoms with van der Waals surface area (Å²) in [6.45, 7) is 2.82. The first kappa shape index (κ1) is 14.9. The van der Waals surface area contributed by atoms with E-state index in [0.29, 0.717) is 5.56 Å². The Balaban J connectivity index is 1.68. The van der Waals surface area contributed by atoms with Crippen molar-refractivity contribution in [1.29, 1.82) is 5.26 Å². The summed E-state index contributed by atoms with van der Waals surface area (Å²) < 4.78 is 1.88. The van der Waals surface area contributed by atoms with Crippen LogP contribution in [0.2, 0.25) is 0 Å². The highest BCUT2D eigenvalue weighted by molar-refractivity contribution is 5.34. The maximum atomic E-state index is 8.99. The Morgan fingerprint density at radius 3 is 2.96 bits per heavy atom. The van der Waals surface area contributed by atoms with E-state index in [2.05, 4.69) is 28.3 Å². The van der Waals surface area contributed by atoms with Crippen LogP contribution < -0.4 is 5.32 Å². The lowest BCUT2D eigenvalue weighted by Crippen LogP contribution is -2.18. The minimum atomic E-state index is 0.160. The lowest BCUT2D eigenvalue weighted by Gasteiger charge is -2.15. The standard InChI is InChI=1S/C18H17N5/c1-14(17-4-2-3-15(9-17)11-19)22-12-16-5-6-21-18(10-16)23-8-7-20-13-23/h2-10,13-14,22H,12H2,1H3. The van der Waals surface area contributed by atoms with Crippen molar-refractivity contribution in [3.05, 3.63) is 78.0 Å². The second kappa shape index (κ2) is 6.86. The number of hydrogen-bond acceptors (Lipinski definition) is 4. The molecule has 5 nitrogen and oxygen atoms in total. The molecule has 1 unspecified atom stereocenters. The van der Waals surface area contributed by atoms with Crippen LogP contribution in [0.4, 0.5) is 0 Å². The first-order valence-corrected chi connectivity index (χ1v) is 7.43. The molecule has 0 bridgehead atoms. The van der Waals surface area contributed by atoms with E-state index in [9.17, 15) is 0 Å². The Bertz CT molecular complexity index is 817. The molecule has 0 saturated heterocycles. The molecule has 2 aromatic heterocycles. The second-order valence-electron chi connectivity index (χ2n) is 5.33. The van der Waals surface area contributed by atoms with Crippen LogP contribution in [0.15, 0.2) is 61.3 Å². The quantitative estimate of drug-likeness (QED) is 0.787.